The predicted molar refractivity (Wildman–Crippen MR) is 92.8 cm³/mol. The van der Waals surface area contributed by atoms with E-state index in [2.05, 4.69) is 5.16 Å². The van der Waals surface area contributed by atoms with Gasteiger partial charge in [-0.3, -0.25) is 0 Å². The summed E-state index contributed by atoms with van der Waals surface area (Å²) in [6.45, 7) is 4.03. The summed E-state index contributed by atoms with van der Waals surface area (Å²) in [4.78, 5) is 0.0219. The number of primary sulfonamides is 1. The second kappa shape index (κ2) is 6.22. The van der Waals surface area contributed by atoms with Crippen LogP contribution in [-0.2, 0) is 10.0 Å². The van der Waals surface area contributed by atoms with E-state index in [1.807, 2.05) is 44.2 Å². The topological polar surface area (TPSA) is 86.2 Å². The molecule has 1 aromatic heterocycles. The maximum absolute atomic E-state index is 11.9. The van der Waals surface area contributed by atoms with Crippen LogP contribution < -0.4 is 5.14 Å². The predicted octanol–water partition coefficient (Wildman–Crippen LogP) is 3.78. The summed E-state index contributed by atoms with van der Waals surface area (Å²) in [7, 11) is -3.88. The van der Waals surface area contributed by atoms with Gasteiger partial charge in [0.15, 0.2) is 5.76 Å². The van der Waals surface area contributed by atoms with Crippen molar-refractivity contribution in [1.29, 1.82) is 0 Å². The van der Waals surface area contributed by atoms with Gasteiger partial charge in [0.05, 0.1) is 16.2 Å². The Morgan fingerprint density at radius 1 is 1.00 bits per heavy atom. The molecule has 5 nitrogen and oxygen atoms in total. The molecule has 0 bridgehead atoms. The van der Waals surface area contributed by atoms with Crippen LogP contribution in [0.15, 0.2) is 64.0 Å². The van der Waals surface area contributed by atoms with Crippen LogP contribution in [0.25, 0.3) is 22.5 Å². The van der Waals surface area contributed by atoms with Crippen LogP contribution in [0.4, 0.5) is 0 Å². The number of nitrogens with two attached hydrogens (primary N) is 1. The number of hydrogen-bond acceptors (Lipinski definition) is 4. The summed E-state index contributed by atoms with van der Waals surface area (Å²) >= 11 is 0. The molecular weight excluding hydrogens is 324 g/mol. The van der Waals surface area contributed by atoms with Crippen molar-refractivity contribution >= 4 is 10.0 Å². The van der Waals surface area contributed by atoms with Crippen LogP contribution in [0.1, 0.15) is 25.5 Å². The number of sulfonamides is 1. The maximum atomic E-state index is 11.9. The lowest BCUT2D eigenvalue weighted by Crippen LogP contribution is -2.13. The number of benzene rings is 2. The highest BCUT2D eigenvalue weighted by atomic mass is 32.2. The first kappa shape index (κ1) is 16.4. The zero-order valence-electron chi connectivity index (χ0n) is 13.4. The molecule has 0 saturated heterocycles. The van der Waals surface area contributed by atoms with Crippen molar-refractivity contribution in [1.82, 2.24) is 5.16 Å². The summed E-state index contributed by atoms with van der Waals surface area (Å²) < 4.78 is 29.4. The molecule has 0 radical (unpaired) electrons. The summed E-state index contributed by atoms with van der Waals surface area (Å²) in [6, 6.07) is 16.2. The SMILES string of the molecule is CC(C)c1noc(-c2ccccc2S(N)(=O)=O)c1-c1ccccc1. The van der Waals surface area contributed by atoms with Crippen molar-refractivity contribution in [3.63, 3.8) is 0 Å². The zero-order valence-corrected chi connectivity index (χ0v) is 14.2. The van der Waals surface area contributed by atoms with E-state index in [9.17, 15) is 8.42 Å². The largest absolute Gasteiger partial charge is 0.355 e. The Labute approximate surface area is 141 Å². The van der Waals surface area contributed by atoms with E-state index in [1.54, 1.807) is 18.2 Å². The van der Waals surface area contributed by atoms with Gasteiger partial charge >= 0.3 is 0 Å². The maximum Gasteiger partial charge on any atom is 0.238 e. The summed E-state index contributed by atoms with van der Waals surface area (Å²) in [6.07, 6.45) is 0. The number of rotatable bonds is 4. The van der Waals surface area contributed by atoms with Crippen molar-refractivity contribution in [2.75, 3.05) is 0 Å². The summed E-state index contributed by atoms with van der Waals surface area (Å²) in [5.74, 6) is 0.536. The van der Waals surface area contributed by atoms with Crippen LogP contribution >= 0.6 is 0 Å². The minimum Gasteiger partial charge on any atom is -0.355 e. The third-order valence-corrected chi connectivity index (χ3v) is 4.74. The normalized spacial score (nSPS) is 11.8. The fourth-order valence-corrected chi connectivity index (χ4v) is 3.40. The molecule has 124 valence electrons. The van der Waals surface area contributed by atoms with Gasteiger partial charge in [-0.15, -0.1) is 0 Å². The van der Waals surface area contributed by atoms with Gasteiger partial charge in [0.25, 0.3) is 0 Å². The van der Waals surface area contributed by atoms with Crippen LogP contribution in [0, 0.1) is 0 Å². The molecule has 0 fully saturated rings. The number of nitrogens with zero attached hydrogens (tertiary/aromatic N) is 1. The molecule has 0 aliphatic rings. The van der Waals surface area contributed by atoms with E-state index in [0.29, 0.717) is 11.3 Å². The minimum absolute atomic E-state index is 0.0219. The van der Waals surface area contributed by atoms with Gasteiger partial charge in [0.1, 0.15) is 0 Å². The Morgan fingerprint density at radius 2 is 1.62 bits per heavy atom. The molecule has 0 spiro atoms. The summed E-state index contributed by atoms with van der Waals surface area (Å²) in [5, 5.41) is 9.54. The Balaban J connectivity index is 2.32. The zero-order chi connectivity index (χ0) is 17.3. The lowest BCUT2D eigenvalue weighted by atomic mass is 9.95. The Morgan fingerprint density at radius 3 is 2.25 bits per heavy atom. The van der Waals surface area contributed by atoms with Gasteiger partial charge in [-0.2, -0.15) is 0 Å². The van der Waals surface area contributed by atoms with Gasteiger partial charge in [-0.25, -0.2) is 13.6 Å². The number of hydrogen-bond donors (Lipinski definition) is 1. The molecule has 2 aromatic carbocycles. The van der Waals surface area contributed by atoms with Crippen LogP contribution in [0.2, 0.25) is 0 Å². The van der Waals surface area contributed by atoms with E-state index in [1.165, 1.54) is 6.07 Å². The summed E-state index contributed by atoms with van der Waals surface area (Å²) in [5.41, 5.74) is 2.90. The molecule has 0 aliphatic carbocycles. The van der Waals surface area contributed by atoms with Crippen LogP contribution in [-0.4, -0.2) is 13.6 Å². The monoisotopic (exact) mass is 342 g/mol. The van der Waals surface area contributed by atoms with E-state index < -0.39 is 10.0 Å². The fraction of sp³-hybridized carbons (Fsp3) is 0.167. The van der Waals surface area contributed by atoms with Crippen molar-refractivity contribution < 1.29 is 12.9 Å². The molecule has 0 aliphatic heterocycles. The third kappa shape index (κ3) is 2.98. The molecule has 1 heterocycles. The lowest BCUT2D eigenvalue weighted by Gasteiger charge is -2.09. The highest BCUT2D eigenvalue weighted by Crippen LogP contribution is 2.39. The van der Waals surface area contributed by atoms with E-state index in [0.717, 1.165) is 16.8 Å². The average Bonchev–Trinajstić information content (AvgIpc) is 3.00. The second-order valence-electron chi connectivity index (χ2n) is 5.83. The first-order chi connectivity index (χ1) is 11.4. The van der Waals surface area contributed by atoms with Crippen molar-refractivity contribution in [2.45, 2.75) is 24.7 Å². The lowest BCUT2D eigenvalue weighted by molar-refractivity contribution is 0.419. The smallest absolute Gasteiger partial charge is 0.238 e. The molecule has 0 amide bonds. The van der Waals surface area contributed by atoms with E-state index in [4.69, 9.17) is 9.66 Å². The molecule has 2 N–H and O–H groups in total. The highest BCUT2D eigenvalue weighted by molar-refractivity contribution is 7.89. The van der Waals surface area contributed by atoms with Crippen LogP contribution in [0.3, 0.4) is 0 Å². The van der Waals surface area contributed by atoms with Crippen molar-refractivity contribution in [3.8, 4) is 22.5 Å². The molecule has 0 unspecified atom stereocenters. The molecule has 3 rings (SSSR count). The number of aromatic nitrogens is 1. The Kier molecular flexibility index (Phi) is 4.26. The molecule has 24 heavy (non-hydrogen) atoms. The standard InChI is InChI=1S/C18H18N2O3S/c1-12(2)17-16(13-8-4-3-5-9-13)18(23-20-17)14-10-6-7-11-15(14)24(19,21)22/h3-12H,1-2H3,(H2,19,21,22). The molecule has 3 aromatic rings. The van der Waals surface area contributed by atoms with Crippen molar-refractivity contribution in [3.05, 3.63) is 60.3 Å². The third-order valence-electron chi connectivity index (χ3n) is 3.77. The van der Waals surface area contributed by atoms with Gasteiger partial charge in [0, 0.05) is 5.56 Å². The van der Waals surface area contributed by atoms with Gasteiger partial charge in [-0.1, -0.05) is 61.5 Å². The van der Waals surface area contributed by atoms with Gasteiger partial charge in [-0.05, 0) is 23.6 Å². The fourth-order valence-electron chi connectivity index (χ4n) is 2.67. The molecule has 6 heteroatoms. The Bertz CT molecular complexity index is 961. The molecule has 0 atom stereocenters. The van der Waals surface area contributed by atoms with Gasteiger partial charge in [0.2, 0.25) is 10.0 Å². The average molecular weight is 342 g/mol. The first-order valence-corrected chi connectivity index (χ1v) is 9.11. The van der Waals surface area contributed by atoms with Gasteiger partial charge < -0.3 is 4.52 Å². The van der Waals surface area contributed by atoms with E-state index in [-0.39, 0.29) is 10.8 Å². The van der Waals surface area contributed by atoms with Crippen LogP contribution in [0.5, 0.6) is 0 Å². The second-order valence-corrected chi connectivity index (χ2v) is 7.36. The Hall–Kier alpha value is -2.44. The molecule has 0 saturated carbocycles. The first-order valence-electron chi connectivity index (χ1n) is 7.56. The highest BCUT2D eigenvalue weighted by Gasteiger charge is 2.25. The van der Waals surface area contributed by atoms with E-state index >= 15 is 0 Å². The van der Waals surface area contributed by atoms with Crippen molar-refractivity contribution in [2.24, 2.45) is 5.14 Å². The molecular formula is C18H18N2O3S. The minimum atomic E-state index is -3.88. The quantitative estimate of drug-likeness (QED) is 0.782.